The minimum atomic E-state index is 0.635. The van der Waals surface area contributed by atoms with Crippen LogP contribution in [-0.4, -0.2) is 15.0 Å². The smallest absolute Gasteiger partial charge is 0.187 e. The first-order valence-corrected chi connectivity index (χ1v) is 20.0. The Hall–Kier alpha value is -8.26. The molecule has 0 saturated carbocycles. The Balaban J connectivity index is 0.995. The molecule has 60 heavy (non-hydrogen) atoms. The Morgan fingerprint density at radius 2 is 0.700 bits per heavy atom. The molecule has 0 amide bonds. The molecule has 1 aromatic heterocycles. The van der Waals surface area contributed by atoms with E-state index < -0.39 is 0 Å². The zero-order valence-electron chi connectivity index (χ0n) is 32.4. The zero-order valence-corrected chi connectivity index (χ0v) is 32.4. The largest absolute Gasteiger partial charge is 0.238 e. The van der Waals surface area contributed by atoms with Gasteiger partial charge < -0.3 is 0 Å². The van der Waals surface area contributed by atoms with Crippen LogP contribution in [0.3, 0.4) is 0 Å². The highest BCUT2D eigenvalue weighted by Crippen LogP contribution is 2.43. The van der Waals surface area contributed by atoms with Gasteiger partial charge in [0.2, 0.25) is 0 Å². The van der Waals surface area contributed by atoms with Crippen LogP contribution < -0.4 is 0 Å². The summed E-state index contributed by atoms with van der Waals surface area (Å²) in [7, 11) is 0. The van der Waals surface area contributed by atoms with E-state index in [2.05, 4.69) is 132 Å². The summed E-state index contributed by atoms with van der Waals surface area (Å²) in [4.78, 5) is 18.5. The minimum absolute atomic E-state index is 0.635. The lowest BCUT2D eigenvalue weighted by Gasteiger charge is -2.16. The van der Waals surface area contributed by atoms with Crippen LogP contribution in [0, 0.1) is 6.57 Å². The first kappa shape index (κ1) is 34.9. The summed E-state index contributed by atoms with van der Waals surface area (Å²) >= 11 is 0. The first-order valence-electron chi connectivity index (χ1n) is 20.0. The molecule has 0 atom stereocenters. The van der Waals surface area contributed by atoms with E-state index in [0.717, 1.165) is 38.9 Å². The lowest BCUT2D eigenvalue weighted by molar-refractivity contribution is 1.07. The molecule has 10 aromatic carbocycles. The maximum Gasteiger partial charge on any atom is 0.187 e. The minimum Gasteiger partial charge on any atom is -0.238 e. The Morgan fingerprint density at radius 1 is 0.283 bits per heavy atom. The van der Waals surface area contributed by atoms with E-state index in [1.165, 1.54) is 54.2 Å². The van der Waals surface area contributed by atoms with Crippen LogP contribution in [0.25, 0.3) is 115 Å². The average Bonchev–Trinajstić information content (AvgIpc) is 3.33. The molecular weight excluding hydrogens is 729 g/mol. The molecule has 4 heteroatoms. The molecule has 0 spiro atoms. The van der Waals surface area contributed by atoms with Gasteiger partial charge in [-0.25, -0.2) is 19.8 Å². The molecular formula is C56H34N4. The monoisotopic (exact) mass is 762 g/mol. The van der Waals surface area contributed by atoms with Crippen molar-refractivity contribution in [1.29, 1.82) is 0 Å². The fourth-order valence-corrected chi connectivity index (χ4v) is 8.54. The van der Waals surface area contributed by atoms with Crippen molar-refractivity contribution in [1.82, 2.24) is 15.0 Å². The van der Waals surface area contributed by atoms with Gasteiger partial charge in [0.25, 0.3) is 0 Å². The fraction of sp³-hybridized carbons (Fsp3) is 0. The van der Waals surface area contributed by atoms with Gasteiger partial charge in [0, 0.05) is 16.7 Å². The Morgan fingerprint density at radius 3 is 1.28 bits per heavy atom. The molecule has 0 bridgehead atoms. The summed E-state index contributed by atoms with van der Waals surface area (Å²) in [6, 6.07) is 72.1. The molecule has 0 fully saturated rings. The maximum atomic E-state index is 7.62. The van der Waals surface area contributed by atoms with Crippen molar-refractivity contribution in [3.63, 3.8) is 0 Å². The molecule has 0 aliphatic heterocycles. The van der Waals surface area contributed by atoms with Gasteiger partial charge in [0.15, 0.2) is 23.2 Å². The van der Waals surface area contributed by atoms with Crippen molar-refractivity contribution in [3.05, 3.63) is 218 Å². The van der Waals surface area contributed by atoms with Crippen LogP contribution in [0.15, 0.2) is 206 Å². The summed E-state index contributed by atoms with van der Waals surface area (Å²) < 4.78 is 0. The molecule has 11 rings (SSSR count). The molecule has 0 aliphatic carbocycles. The van der Waals surface area contributed by atoms with Crippen molar-refractivity contribution in [3.8, 4) is 67.5 Å². The van der Waals surface area contributed by atoms with Crippen LogP contribution in [0.2, 0.25) is 0 Å². The number of aromatic nitrogens is 3. The molecule has 0 N–H and O–H groups in total. The van der Waals surface area contributed by atoms with Crippen molar-refractivity contribution in [2.75, 3.05) is 0 Å². The third-order valence-corrected chi connectivity index (χ3v) is 11.5. The van der Waals surface area contributed by atoms with Gasteiger partial charge in [0.1, 0.15) is 0 Å². The number of benzene rings is 10. The van der Waals surface area contributed by atoms with Gasteiger partial charge >= 0.3 is 0 Å². The molecule has 11 aromatic rings. The quantitative estimate of drug-likeness (QED) is 0.125. The lowest BCUT2D eigenvalue weighted by Crippen LogP contribution is -2.00. The van der Waals surface area contributed by atoms with E-state index in [1.807, 2.05) is 78.9 Å². The predicted octanol–water partition coefficient (Wildman–Crippen LogP) is 15.0. The third-order valence-electron chi connectivity index (χ3n) is 11.5. The van der Waals surface area contributed by atoms with E-state index in [1.54, 1.807) is 0 Å². The van der Waals surface area contributed by atoms with Gasteiger partial charge in [-0.05, 0) is 113 Å². The van der Waals surface area contributed by atoms with Crippen molar-refractivity contribution in [2.45, 2.75) is 0 Å². The van der Waals surface area contributed by atoms with E-state index in [-0.39, 0.29) is 0 Å². The van der Waals surface area contributed by atoms with Gasteiger partial charge in [-0.3, -0.25) is 0 Å². The second-order valence-corrected chi connectivity index (χ2v) is 15.1. The van der Waals surface area contributed by atoms with Crippen LogP contribution in [-0.2, 0) is 0 Å². The van der Waals surface area contributed by atoms with Gasteiger partial charge in [0.05, 0.1) is 6.57 Å². The normalized spacial score (nSPS) is 11.3. The zero-order chi connectivity index (χ0) is 40.0. The summed E-state index contributed by atoms with van der Waals surface area (Å²) in [5.41, 5.74) is 10.2. The number of fused-ring (bicyclic) bond motifs is 6. The van der Waals surface area contributed by atoms with Crippen LogP contribution >= 0.6 is 0 Å². The molecule has 0 aliphatic rings. The van der Waals surface area contributed by atoms with Crippen molar-refractivity contribution >= 4 is 48.8 Å². The van der Waals surface area contributed by atoms with Gasteiger partial charge in [-0.2, -0.15) is 0 Å². The summed E-state index contributed by atoms with van der Waals surface area (Å²) in [5.74, 6) is 1.93. The highest BCUT2D eigenvalue weighted by molar-refractivity contribution is 6.24. The molecule has 0 saturated heterocycles. The third kappa shape index (κ3) is 6.23. The standard InChI is InChI=1S/C56H34N4/c1-57-45-21-13-19-42(33-45)50-34-52-49-25-11-9-23-47(49)51(35-53(52)48-24-10-8-22-46(48)50)43-29-28-40-30-39(26-27-41(40)31-43)38-18-12-20-44(32-38)56-59-54(36-14-4-2-5-15-36)58-55(60-56)37-16-6-3-7-17-37/h2-35H. The Bertz CT molecular complexity index is 3440. The highest BCUT2D eigenvalue weighted by Gasteiger charge is 2.16. The molecule has 278 valence electrons. The van der Waals surface area contributed by atoms with Gasteiger partial charge in [-0.15, -0.1) is 0 Å². The van der Waals surface area contributed by atoms with Crippen molar-refractivity contribution < 1.29 is 0 Å². The molecule has 1 heterocycles. The fourth-order valence-electron chi connectivity index (χ4n) is 8.54. The number of hydrogen-bond donors (Lipinski definition) is 0. The van der Waals surface area contributed by atoms with Crippen LogP contribution in [0.1, 0.15) is 0 Å². The highest BCUT2D eigenvalue weighted by atomic mass is 15.0. The first-order chi connectivity index (χ1) is 29.7. The van der Waals surface area contributed by atoms with Crippen LogP contribution in [0.4, 0.5) is 5.69 Å². The van der Waals surface area contributed by atoms with Gasteiger partial charge in [-0.1, -0.05) is 170 Å². The number of nitrogens with zero attached hydrogens (tertiary/aromatic N) is 4. The Labute approximate surface area is 347 Å². The summed E-state index contributed by atoms with van der Waals surface area (Å²) in [6.07, 6.45) is 0. The molecule has 0 radical (unpaired) electrons. The second kappa shape index (κ2) is 14.6. The topological polar surface area (TPSA) is 43.0 Å². The SMILES string of the molecule is [C-]#[N+]c1cccc(-c2cc3c4ccccc4c(-c4ccc5cc(-c6cccc(-c7nc(-c8ccccc8)nc(-c8ccccc8)n7)c6)ccc5c4)cc3c3ccccc23)c1. The lowest BCUT2D eigenvalue weighted by atomic mass is 9.87. The Kier molecular flexibility index (Phi) is 8.50. The number of rotatable bonds is 6. The average molecular weight is 763 g/mol. The van der Waals surface area contributed by atoms with E-state index in [0.29, 0.717) is 23.2 Å². The summed E-state index contributed by atoms with van der Waals surface area (Å²) in [6.45, 7) is 7.62. The summed E-state index contributed by atoms with van der Waals surface area (Å²) in [5, 5.41) is 9.54. The van der Waals surface area contributed by atoms with Crippen LogP contribution in [0.5, 0.6) is 0 Å². The van der Waals surface area contributed by atoms with E-state index in [4.69, 9.17) is 21.5 Å². The predicted molar refractivity (Wildman–Crippen MR) is 249 cm³/mol. The van der Waals surface area contributed by atoms with E-state index >= 15 is 0 Å². The molecule has 0 unspecified atom stereocenters. The second-order valence-electron chi connectivity index (χ2n) is 15.1. The van der Waals surface area contributed by atoms with E-state index in [9.17, 15) is 0 Å². The number of hydrogen-bond acceptors (Lipinski definition) is 3. The maximum absolute atomic E-state index is 7.62. The molecule has 4 nitrogen and oxygen atoms in total. The van der Waals surface area contributed by atoms with Crippen molar-refractivity contribution in [2.24, 2.45) is 0 Å².